The number of likely N-dealkylation sites (N-methyl/N-ethyl adjacent to an activating group) is 1. The Balaban J connectivity index is 2.50. The molecule has 0 spiro atoms. The summed E-state index contributed by atoms with van der Waals surface area (Å²) in [7, 11) is 3.15. The molecule has 0 atom stereocenters. The minimum atomic E-state index is -0.967. The second-order valence-corrected chi connectivity index (χ2v) is 4.58. The van der Waals surface area contributed by atoms with E-state index < -0.39 is 17.9 Å². The first-order valence-corrected chi connectivity index (χ1v) is 6.45. The van der Waals surface area contributed by atoms with Crippen LogP contribution < -0.4 is 10.6 Å². The summed E-state index contributed by atoms with van der Waals surface area (Å²) in [6.07, 6.45) is 0.506. The highest BCUT2D eigenvalue weighted by Crippen LogP contribution is 2.09. The van der Waals surface area contributed by atoms with Crippen LogP contribution >= 0.6 is 0 Å². The van der Waals surface area contributed by atoms with Crippen molar-refractivity contribution < 1.29 is 19.5 Å². The monoisotopic (exact) mass is 293 g/mol. The highest BCUT2D eigenvalue weighted by Gasteiger charge is 2.12. The van der Waals surface area contributed by atoms with Crippen molar-refractivity contribution in [1.82, 2.24) is 15.5 Å². The Morgan fingerprint density at radius 2 is 1.90 bits per heavy atom. The van der Waals surface area contributed by atoms with Gasteiger partial charge in [0.1, 0.15) is 0 Å². The second-order valence-electron chi connectivity index (χ2n) is 4.58. The van der Waals surface area contributed by atoms with Crippen LogP contribution in [0.3, 0.4) is 0 Å². The third kappa shape index (κ3) is 5.62. The quantitative estimate of drug-likeness (QED) is 0.701. The number of carboxylic acids is 1. The van der Waals surface area contributed by atoms with E-state index in [0.29, 0.717) is 18.5 Å². The van der Waals surface area contributed by atoms with Crippen molar-refractivity contribution in [2.24, 2.45) is 0 Å². The molecule has 0 aliphatic heterocycles. The summed E-state index contributed by atoms with van der Waals surface area (Å²) in [6.45, 7) is 0.564. The molecule has 0 radical (unpaired) electrons. The van der Waals surface area contributed by atoms with Crippen molar-refractivity contribution >= 4 is 17.9 Å². The lowest BCUT2D eigenvalue weighted by atomic mass is 10.0. The summed E-state index contributed by atoms with van der Waals surface area (Å²) in [4.78, 5) is 35.3. The Bertz CT molecular complexity index is 531. The lowest BCUT2D eigenvalue weighted by molar-refractivity contribution is -0.120. The van der Waals surface area contributed by atoms with Gasteiger partial charge < -0.3 is 10.4 Å². The van der Waals surface area contributed by atoms with Crippen molar-refractivity contribution in [2.75, 3.05) is 27.2 Å². The van der Waals surface area contributed by atoms with Gasteiger partial charge in [-0.2, -0.15) is 0 Å². The van der Waals surface area contributed by atoms with Crippen LogP contribution in [0.15, 0.2) is 24.3 Å². The van der Waals surface area contributed by atoms with Gasteiger partial charge in [0.05, 0.1) is 12.1 Å². The Morgan fingerprint density at radius 1 is 1.24 bits per heavy atom. The molecule has 0 aliphatic rings. The molecule has 0 bridgehead atoms. The van der Waals surface area contributed by atoms with Crippen LogP contribution in [0.5, 0.6) is 0 Å². The van der Waals surface area contributed by atoms with Gasteiger partial charge >= 0.3 is 12.0 Å². The van der Waals surface area contributed by atoms with Crippen LogP contribution in [0.2, 0.25) is 0 Å². The number of amides is 3. The zero-order chi connectivity index (χ0) is 15.8. The van der Waals surface area contributed by atoms with Gasteiger partial charge in [-0.05, 0) is 25.1 Å². The number of carboxylic acid groups (broad SMARTS) is 1. The molecule has 7 nitrogen and oxygen atoms in total. The van der Waals surface area contributed by atoms with Gasteiger partial charge in [-0.15, -0.1) is 0 Å². The maximum Gasteiger partial charge on any atom is 0.335 e. The molecule has 0 saturated carbocycles. The SMILES string of the molecule is CNC(=O)NC(=O)CN(C)CCc1ccccc1C(=O)O. The molecule has 1 aromatic rings. The van der Waals surface area contributed by atoms with Gasteiger partial charge in [0.15, 0.2) is 0 Å². The number of rotatable bonds is 6. The molecule has 1 aromatic carbocycles. The first-order chi connectivity index (χ1) is 9.93. The predicted octanol–water partition coefficient (Wildman–Crippen LogP) is 0.315. The maximum absolute atomic E-state index is 11.5. The van der Waals surface area contributed by atoms with Gasteiger partial charge in [-0.3, -0.25) is 15.0 Å². The molecule has 114 valence electrons. The Labute approximate surface area is 122 Å². The number of benzene rings is 1. The van der Waals surface area contributed by atoms with E-state index >= 15 is 0 Å². The van der Waals surface area contributed by atoms with Gasteiger partial charge in [0.2, 0.25) is 5.91 Å². The summed E-state index contributed by atoms with van der Waals surface area (Å²) in [5, 5.41) is 13.5. The van der Waals surface area contributed by atoms with Crippen molar-refractivity contribution in [1.29, 1.82) is 0 Å². The van der Waals surface area contributed by atoms with Crippen molar-refractivity contribution in [3.63, 3.8) is 0 Å². The highest BCUT2D eigenvalue weighted by molar-refractivity contribution is 5.95. The molecular weight excluding hydrogens is 274 g/mol. The van der Waals surface area contributed by atoms with E-state index in [9.17, 15) is 14.4 Å². The van der Waals surface area contributed by atoms with Crippen LogP contribution in [-0.2, 0) is 11.2 Å². The topological polar surface area (TPSA) is 98.7 Å². The predicted molar refractivity (Wildman–Crippen MR) is 77.2 cm³/mol. The standard InChI is InChI=1S/C14H19N3O4/c1-15-14(21)16-12(18)9-17(2)8-7-10-5-3-4-6-11(10)13(19)20/h3-6H,7-9H2,1-2H3,(H,19,20)(H2,15,16,18,21). The van der Waals surface area contributed by atoms with E-state index in [2.05, 4.69) is 10.6 Å². The molecule has 0 unspecified atom stereocenters. The lowest BCUT2D eigenvalue weighted by Crippen LogP contribution is -2.42. The molecule has 0 aliphatic carbocycles. The van der Waals surface area contributed by atoms with E-state index in [4.69, 9.17) is 5.11 Å². The molecule has 0 fully saturated rings. The molecule has 3 amide bonds. The first kappa shape index (κ1) is 16.6. The van der Waals surface area contributed by atoms with Crippen LogP contribution in [0.4, 0.5) is 4.79 Å². The number of imide groups is 1. The summed E-state index contributed by atoms with van der Waals surface area (Å²) in [6, 6.07) is 6.20. The van der Waals surface area contributed by atoms with E-state index in [1.165, 1.54) is 7.05 Å². The maximum atomic E-state index is 11.5. The molecule has 3 N–H and O–H groups in total. The summed E-state index contributed by atoms with van der Waals surface area (Å²) < 4.78 is 0. The van der Waals surface area contributed by atoms with Crippen molar-refractivity contribution in [3.05, 3.63) is 35.4 Å². The van der Waals surface area contributed by atoms with Gasteiger partial charge in [0, 0.05) is 13.6 Å². The van der Waals surface area contributed by atoms with E-state index in [1.807, 2.05) is 0 Å². The average molecular weight is 293 g/mol. The normalized spacial score (nSPS) is 10.2. The molecular formula is C14H19N3O4. The number of carbonyl (C=O) groups excluding carboxylic acids is 2. The number of hydrogen-bond acceptors (Lipinski definition) is 4. The third-order valence-corrected chi connectivity index (χ3v) is 2.90. The Morgan fingerprint density at radius 3 is 2.52 bits per heavy atom. The summed E-state index contributed by atoms with van der Waals surface area (Å²) in [5.41, 5.74) is 0.976. The fraction of sp³-hybridized carbons (Fsp3) is 0.357. The van der Waals surface area contributed by atoms with Gasteiger partial charge in [-0.1, -0.05) is 18.2 Å². The summed E-state index contributed by atoms with van der Waals surface area (Å²) >= 11 is 0. The fourth-order valence-corrected chi connectivity index (χ4v) is 1.81. The number of hydrogen-bond donors (Lipinski definition) is 3. The minimum absolute atomic E-state index is 0.0582. The molecule has 21 heavy (non-hydrogen) atoms. The number of aromatic carboxylic acids is 1. The van der Waals surface area contributed by atoms with Crippen molar-refractivity contribution in [2.45, 2.75) is 6.42 Å². The lowest BCUT2D eigenvalue weighted by Gasteiger charge is -2.16. The largest absolute Gasteiger partial charge is 0.478 e. The zero-order valence-corrected chi connectivity index (χ0v) is 12.0. The molecule has 7 heteroatoms. The fourth-order valence-electron chi connectivity index (χ4n) is 1.81. The van der Waals surface area contributed by atoms with Crippen LogP contribution in [0.1, 0.15) is 15.9 Å². The average Bonchev–Trinajstić information content (AvgIpc) is 2.44. The smallest absolute Gasteiger partial charge is 0.335 e. The Hall–Kier alpha value is -2.41. The van der Waals surface area contributed by atoms with Crippen LogP contribution in [0, 0.1) is 0 Å². The summed E-state index contributed by atoms with van der Waals surface area (Å²) in [5.74, 6) is -1.38. The van der Waals surface area contributed by atoms with E-state index in [-0.39, 0.29) is 12.1 Å². The van der Waals surface area contributed by atoms with Crippen LogP contribution in [-0.4, -0.2) is 55.1 Å². The van der Waals surface area contributed by atoms with Crippen LogP contribution in [0.25, 0.3) is 0 Å². The third-order valence-electron chi connectivity index (χ3n) is 2.90. The molecule has 1 rings (SSSR count). The molecule has 0 aromatic heterocycles. The second kappa shape index (κ2) is 8.01. The number of nitrogens with zero attached hydrogens (tertiary/aromatic N) is 1. The van der Waals surface area contributed by atoms with Gasteiger partial charge in [0.25, 0.3) is 0 Å². The first-order valence-electron chi connectivity index (χ1n) is 6.45. The number of carbonyl (C=O) groups is 3. The molecule has 0 heterocycles. The zero-order valence-electron chi connectivity index (χ0n) is 12.0. The minimum Gasteiger partial charge on any atom is -0.478 e. The number of urea groups is 1. The van der Waals surface area contributed by atoms with Gasteiger partial charge in [-0.25, -0.2) is 9.59 Å². The van der Waals surface area contributed by atoms with E-state index in [1.54, 1.807) is 36.2 Å². The van der Waals surface area contributed by atoms with E-state index in [0.717, 1.165) is 0 Å². The highest BCUT2D eigenvalue weighted by atomic mass is 16.4. The Kier molecular flexibility index (Phi) is 6.35. The van der Waals surface area contributed by atoms with Crippen molar-refractivity contribution in [3.8, 4) is 0 Å². The number of nitrogens with one attached hydrogen (secondary N) is 2. The molecule has 0 saturated heterocycles.